The molecule has 0 aliphatic rings. The molecule has 0 aromatic heterocycles. The summed E-state index contributed by atoms with van der Waals surface area (Å²) in [6.07, 6.45) is -4.43. The summed E-state index contributed by atoms with van der Waals surface area (Å²) < 4.78 is 48.3. The first-order chi connectivity index (χ1) is 9.90. The number of hydrogen-bond acceptors (Lipinski definition) is 2. The van der Waals surface area contributed by atoms with Crippen LogP contribution in [0.1, 0.15) is 12.5 Å². The van der Waals surface area contributed by atoms with Crippen molar-refractivity contribution in [1.82, 2.24) is 0 Å². The zero-order valence-electron chi connectivity index (χ0n) is 11.1. The van der Waals surface area contributed by atoms with Gasteiger partial charge in [-0.15, -0.1) is 0 Å². The molecule has 0 radical (unpaired) electrons. The molecular formula is C15H12ClF3O2. The third-order valence-corrected chi connectivity index (χ3v) is 2.92. The van der Waals surface area contributed by atoms with Gasteiger partial charge in [0.25, 0.3) is 0 Å². The summed E-state index contributed by atoms with van der Waals surface area (Å²) in [6.45, 7) is 2.41. The molecule has 2 nitrogen and oxygen atoms in total. The molecule has 0 spiro atoms. The molecule has 21 heavy (non-hydrogen) atoms. The van der Waals surface area contributed by atoms with Gasteiger partial charge in [-0.2, -0.15) is 13.2 Å². The normalized spacial score (nSPS) is 11.3. The van der Waals surface area contributed by atoms with Crippen molar-refractivity contribution in [3.05, 3.63) is 53.1 Å². The summed E-state index contributed by atoms with van der Waals surface area (Å²) in [6, 6.07) is 9.68. The summed E-state index contributed by atoms with van der Waals surface area (Å²) >= 11 is 5.82. The van der Waals surface area contributed by atoms with E-state index >= 15 is 0 Å². The quantitative estimate of drug-likeness (QED) is 0.736. The molecule has 112 valence electrons. The van der Waals surface area contributed by atoms with Gasteiger partial charge in [0.15, 0.2) is 0 Å². The monoisotopic (exact) mass is 316 g/mol. The standard InChI is InChI=1S/C15H12ClF3O2/c1-2-20-11-4-6-12(7-5-11)21-14-8-3-10(9-13(14)16)15(17,18)19/h3-9H,2H2,1H3. The van der Waals surface area contributed by atoms with E-state index in [4.69, 9.17) is 21.1 Å². The van der Waals surface area contributed by atoms with Gasteiger partial charge < -0.3 is 9.47 Å². The first-order valence-electron chi connectivity index (χ1n) is 6.17. The first-order valence-corrected chi connectivity index (χ1v) is 6.55. The van der Waals surface area contributed by atoms with Crippen LogP contribution >= 0.6 is 11.6 Å². The Morgan fingerprint density at radius 1 is 1.00 bits per heavy atom. The van der Waals surface area contributed by atoms with Crippen LogP contribution in [0.5, 0.6) is 17.2 Å². The van der Waals surface area contributed by atoms with Crippen LogP contribution in [-0.4, -0.2) is 6.61 Å². The largest absolute Gasteiger partial charge is 0.494 e. The average Bonchev–Trinajstić information content (AvgIpc) is 2.42. The van der Waals surface area contributed by atoms with E-state index < -0.39 is 11.7 Å². The molecule has 0 atom stereocenters. The Hall–Kier alpha value is -1.88. The van der Waals surface area contributed by atoms with E-state index in [9.17, 15) is 13.2 Å². The highest BCUT2D eigenvalue weighted by Gasteiger charge is 2.31. The second kappa shape index (κ2) is 6.26. The molecule has 0 saturated heterocycles. The first kappa shape index (κ1) is 15.5. The third-order valence-electron chi connectivity index (χ3n) is 2.62. The topological polar surface area (TPSA) is 18.5 Å². The van der Waals surface area contributed by atoms with E-state index in [1.165, 1.54) is 6.07 Å². The lowest BCUT2D eigenvalue weighted by atomic mass is 10.2. The van der Waals surface area contributed by atoms with E-state index in [-0.39, 0.29) is 10.8 Å². The number of rotatable bonds is 4. The van der Waals surface area contributed by atoms with Gasteiger partial charge in [0.2, 0.25) is 0 Å². The van der Waals surface area contributed by atoms with Crippen LogP contribution in [0.3, 0.4) is 0 Å². The molecule has 0 fully saturated rings. The molecule has 0 unspecified atom stereocenters. The zero-order valence-corrected chi connectivity index (χ0v) is 11.8. The van der Waals surface area contributed by atoms with Crippen LogP contribution in [0, 0.1) is 0 Å². The highest BCUT2D eigenvalue weighted by molar-refractivity contribution is 6.32. The Morgan fingerprint density at radius 2 is 1.62 bits per heavy atom. The zero-order chi connectivity index (χ0) is 15.5. The third kappa shape index (κ3) is 4.04. The predicted molar refractivity (Wildman–Crippen MR) is 74.1 cm³/mol. The molecule has 0 aliphatic heterocycles. The van der Waals surface area contributed by atoms with Gasteiger partial charge in [-0.25, -0.2) is 0 Å². The van der Waals surface area contributed by atoms with Crippen LogP contribution in [0.2, 0.25) is 5.02 Å². The van der Waals surface area contributed by atoms with Crippen LogP contribution in [0.25, 0.3) is 0 Å². The van der Waals surface area contributed by atoms with E-state index in [1.54, 1.807) is 24.3 Å². The van der Waals surface area contributed by atoms with Crippen LogP contribution < -0.4 is 9.47 Å². The molecule has 0 bridgehead atoms. The molecule has 0 amide bonds. The van der Waals surface area contributed by atoms with Crippen LogP contribution in [0.15, 0.2) is 42.5 Å². The maximum atomic E-state index is 12.5. The Morgan fingerprint density at radius 3 is 2.14 bits per heavy atom. The Labute approximate surface area is 125 Å². The summed E-state index contributed by atoms with van der Waals surface area (Å²) in [5.74, 6) is 1.30. The lowest BCUT2D eigenvalue weighted by molar-refractivity contribution is -0.137. The lowest BCUT2D eigenvalue weighted by Crippen LogP contribution is -2.04. The van der Waals surface area contributed by atoms with Gasteiger partial charge in [0.05, 0.1) is 17.2 Å². The molecule has 6 heteroatoms. The second-order valence-electron chi connectivity index (χ2n) is 4.15. The minimum atomic E-state index is -4.43. The minimum Gasteiger partial charge on any atom is -0.494 e. The van der Waals surface area contributed by atoms with E-state index in [2.05, 4.69) is 0 Å². The van der Waals surface area contributed by atoms with Gasteiger partial charge in [0, 0.05) is 0 Å². The van der Waals surface area contributed by atoms with Crippen LogP contribution in [0.4, 0.5) is 13.2 Å². The van der Waals surface area contributed by atoms with Crippen molar-refractivity contribution in [2.45, 2.75) is 13.1 Å². The number of halogens is 4. The van der Waals surface area contributed by atoms with E-state index in [0.717, 1.165) is 12.1 Å². The van der Waals surface area contributed by atoms with Gasteiger partial charge in [-0.05, 0) is 49.4 Å². The van der Waals surface area contributed by atoms with Crippen molar-refractivity contribution in [3.8, 4) is 17.2 Å². The van der Waals surface area contributed by atoms with E-state index in [1.807, 2.05) is 6.92 Å². The SMILES string of the molecule is CCOc1ccc(Oc2ccc(C(F)(F)F)cc2Cl)cc1. The Bertz CT molecular complexity index is 609. The van der Waals surface area contributed by atoms with E-state index in [0.29, 0.717) is 18.1 Å². The van der Waals surface area contributed by atoms with Gasteiger partial charge in [-0.3, -0.25) is 0 Å². The highest BCUT2D eigenvalue weighted by atomic mass is 35.5. The number of benzene rings is 2. The number of hydrogen-bond donors (Lipinski definition) is 0. The fourth-order valence-corrected chi connectivity index (χ4v) is 1.88. The van der Waals surface area contributed by atoms with Crippen molar-refractivity contribution in [3.63, 3.8) is 0 Å². The maximum absolute atomic E-state index is 12.5. The fourth-order valence-electron chi connectivity index (χ4n) is 1.66. The van der Waals surface area contributed by atoms with Gasteiger partial charge in [-0.1, -0.05) is 11.6 Å². The molecule has 2 rings (SSSR count). The van der Waals surface area contributed by atoms with Crippen molar-refractivity contribution in [2.75, 3.05) is 6.61 Å². The Balaban J connectivity index is 2.16. The average molecular weight is 317 g/mol. The smallest absolute Gasteiger partial charge is 0.416 e. The molecule has 0 saturated carbocycles. The molecule has 0 heterocycles. The lowest BCUT2D eigenvalue weighted by Gasteiger charge is -2.11. The molecule has 0 N–H and O–H groups in total. The summed E-state index contributed by atoms with van der Waals surface area (Å²) in [7, 11) is 0. The van der Waals surface area contributed by atoms with Gasteiger partial charge in [0.1, 0.15) is 17.2 Å². The molecule has 2 aromatic rings. The fraction of sp³-hybridized carbons (Fsp3) is 0.200. The van der Waals surface area contributed by atoms with Crippen LogP contribution in [-0.2, 0) is 6.18 Å². The predicted octanol–water partition coefficient (Wildman–Crippen LogP) is 5.55. The second-order valence-corrected chi connectivity index (χ2v) is 4.56. The Kier molecular flexibility index (Phi) is 4.63. The number of ether oxygens (including phenoxy) is 2. The molecular weight excluding hydrogens is 305 g/mol. The van der Waals surface area contributed by atoms with Crippen molar-refractivity contribution < 1.29 is 22.6 Å². The minimum absolute atomic E-state index is 0.0984. The van der Waals surface area contributed by atoms with Crippen molar-refractivity contribution in [1.29, 1.82) is 0 Å². The van der Waals surface area contributed by atoms with Crippen molar-refractivity contribution >= 4 is 11.6 Å². The number of alkyl halides is 3. The van der Waals surface area contributed by atoms with Crippen molar-refractivity contribution in [2.24, 2.45) is 0 Å². The molecule has 2 aromatic carbocycles. The molecule has 0 aliphatic carbocycles. The highest BCUT2D eigenvalue weighted by Crippen LogP contribution is 2.36. The summed E-state index contributed by atoms with van der Waals surface area (Å²) in [5, 5.41) is -0.0984. The van der Waals surface area contributed by atoms with Gasteiger partial charge >= 0.3 is 6.18 Å². The maximum Gasteiger partial charge on any atom is 0.416 e. The summed E-state index contributed by atoms with van der Waals surface area (Å²) in [5.41, 5.74) is -0.813. The summed E-state index contributed by atoms with van der Waals surface area (Å²) in [4.78, 5) is 0.